The Bertz CT molecular complexity index is 1770. The second kappa shape index (κ2) is 9.98. The van der Waals surface area contributed by atoms with Crippen molar-refractivity contribution in [1.29, 1.82) is 0 Å². The van der Waals surface area contributed by atoms with E-state index < -0.39 is 5.60 Å². The van der Waals surface area contributed by atoms with Crippen LogP contribution in [-0.2, 0) is 11.3 Å². The summed E-state index contributed by atoms with van der Waals surface area (Å²) in [5, 5.41) is 3.66. The van der Waals surface area contributed by atoms with E-state index in [4.69, 9.17) is 14.7 Å². The highest BCUT2D eigenvalue weighted by Crippen LogP contribution is 2.37. The maximum atomic E-state index is 13.5. The van der Waals surface area contributed by atoms with Gasteiger partial charge in [0.2, 0.25) is 5.95 Å². The van der Waals surface area contributed by atoms with Crippen LogP contribution in [0.3, 0.4) is 0 Å². The molecule has 1 saturated heterocycles. The third kappa shape index (κ3) is 4.48. The van der Waals surface area contributed by atoms with Gasteiger partial charge in [0, 0.05) is 50.3 Å². The Morgan fingerprint density at radius 1 is 0.929 bits per heavy atom. The SMILES string of the molecule is CN1CCN(c2ccc(Nc3ncc4c(=O)n5n(c4n3)-c3ccc4c(n3)N(CCC=CC5)C(=O)C(C)(C)O4)cc2)CC1. The minimum atomic E-state index is -1.00. The Labute approximate surface area is 242 Å². The first-order chi connectivity index (χ1) is 20.3. The average molecular weight is 568 g/mol. The number of allylic oxidation sites excluding steroid dienone is 1. The van der Waals surface area contributed by atoms with Crippen LogP contribution in [0, 0.1) is 0 Å². The molecule has 0 atom stereocenters. The van der Waals surface area contributed by atoms with Gasteiger partial charge in [0.1, 0.15) is 5.39 Å². The Balaban J connectivity index is 1.27. The maximum absolute atomic E-state index is 13.5. The molecule has 1 N–H and O–H groups in total. The molecule has 0 spiro atoms. The normalized spacial score (nSPS) is 18.4. The van der Waals surface area contributed by atoms with Crippen LogP contribution in [0.1, 0.15) is 20.3 Å². The van der Waals surface area contributed by atoms with Gasteiger partial charge >= 0.3 is 0 Å². The first-order valence-corrected chi connectivity index (χ1v) is 14.2. The third-order valence-electron chi connectivity index (χ3n) is 8.05. The number of hydrogen-bond donors (Lipinski definition) is 1. The molecule has 7 rings (SSSR count). The van der Waals surface area contributed by atoms with E-state index in [9.17, 15) is 9.59 Å². The van der Waals surface area contributed by atoms with E-state index in [1.807, 2.05) is 24.3 Å². The number of rotatable bonds is 3. The zero-order valence-electron chi connectivity index (χ0n) is 23.9. The Morgan fingerprint density at radius 2 is 1.71 bits per heavy atom. The molecule has 12 heteroatoms. The van der Waals surface area contributed by atoms with Crippen molar-refractivity contribution in [2.45, 2.75) is 32.4 Å². The molecular formula is C30H33N9O3. The molecule has 6 heterocycles. The van der Waals surface area contributed by atoms with Crippen LogP contribution in [0.4, 0.5) is 23.1 Å². The highest BCUT2D eigenvalue weighted by atomic mass is 16.5. The fourth-order valence-corrected chi connectivity index (χ4v) is 5.70. The molecule has 3 aliphatic heterocycles. The van der Waals surface area contributed by atoms with Crippen molar-refractivity contribution in [2.75, 3.05) is 54.9 Å². The lowest BCUT2D eigenvalue weighted by Crippen LogP contribution is -2.53. The van der Waals surface area contributed by atoms with Crippen molar-refractivity contribution < 1.29 is 9.53 Å². The van der Waals surface area contributed by atoms with E-state index in [0.29, 0.717) is 53.9 Å². The predicted octanol–water partition coefficient (Wildman–Crippen LogP) is 2.94. The second-order valence-electron chi connectivity index (χ2n) is 11.4. The molecule has 216 valence electrons. The van der Waals surface area contributed by atoms with Gasteiger partial charge in [0.25, 0.3) is 11.5 Å². The van der Waals surface area contributed by atoms with Crippen molar-refractivity contribution in [1.82, 2.24) is 29.2 Å². The van der Waals surface area contributed by atoms with Crippen molar-refractivity contribution in [3.63, 3.8) is 0 Å². The molecular weight excluding hydrogens is 534 g/mol. The number of anilines is 4. The number of fused-ring (bicyclic) bond motifs is 5. The first-order valence-electron chi connectivity index (χ1n) is 14.2. The van der Waals surface area contributed by atoms with Crippen LogP contribution in [0.5, 0.6) is 5.75 Å². The van der Waals surface area contributed by atoms with Gasteiger partial charge < -0.3 is 19.9 Å². The Kier molecular flexibility index (Phi) is 6.23. The maximum Gasteiger partial charge on any atom is 0.278 e. The van der Waals surface area contributed by atoms with Gasteiger partial charge in [-0.3, -0.25) is 14.5 Å². The fourth-order valence-electron chi connectivity index (χ4n) is 5.70. The van der Waals surface area contributed by atoms with Crippen LogP contribution >= 0.6 is 0 Å². The van der Waals surface area contributed by atoms with Crippen LogP contribution in [0.15, 0.2) is 59.5 Å². The number of carbonyl (C=O) groups is 1. The number of likely N-dealkylation sites (N-methyl/N-ethyl adjacent to an activating group) is 1. The van der Waals surface area contributed by atoms with Gasteiger partial charge in [-0.25, -0.2) is 19.3 Å². The first kappa shape index (κ1) is 26.2. The molecule has 0 saturated carbocycles. The number of piperazine rings is 1. The number of benzene rings is 1. The number of pyridine rings is 1. The number of carbonyl (C=O) groups excluding carboxylic acids is 1. The quantitative estimate of drug-likeness (QED) is 0.373. The van der Waals surface area contributed by atoms with Gasteiger partial charge in [-0.1, -0.05) is 12.2 Å². The number of aromatic nitrogens is 5. The van der Waals surface area contributed by atoms with E-state index in [1.165, 1.54) is 5.69 Å². The molecule has 0 radical (unpaired) electrons. The molecule has 1 amide bonds. The van der Waals surface area contributed by atoms with Gasteiger partial charge in [-0.15, -0.1) is 0 Å². The third-order valence-corrected chi connectivity index (χ3v) is 8.05. The highest BCUT2D eigenvalue weighted by molar-refractivity contribution is 6.01. The van der Waals surface area contributed by atoms with E-state index in [1.54, 1.807) is 46.4 Å². The minimum absolute atomic E-state index is 0.158. The van der Waals surface area contributed by atoms with Crippen molar-refractivity contribution in [3.8, 4) is 11.6 Å². The molecule has 1 aromatic carbocycles. The molecule has 3 aliphatic rings. The van der Waals surface area contributed by atoms with E-state index in [2.05, 4.69) is 39.3 Å². The summed E-state index contributed by atoms with van der Waals surface area (Å²) in [7, 11) is 2.15. The summed E-state index contributed by atoms with van der Waals surface area (Å²) in [4.78, 5) is 47.2. The smallest absolute Gasteiger partial charge is 0.278 e. The molecule has 1 fully saturated rings. The number of amides is 1. The Morgan fingerprint density at radius 3 is 2.50 bits per heavy atom. The van der Waals surface area contributed by atoms with Gasteiger partial charge in [-0.05, 0) is 63.7 Å². The predicted molar refractivity (Wildman–Crippen MR) is 161 cm³/mol. The van der Waals surface area contributed by atoms with E-state index in [-0.39, 0.29) is 11.5 Å². The van der Waals surface area contributed by atoms with Crippen molar-refractivity contribution >= 4 is 40.1 Å². The lowest BCUT2D eigenvalue weighted by molar-refractivity contribution is -0.132. The summed E-state index contributed by atoms with van der Waals surface area (Å²) in [6.45, 7) is 8.39. The average Bonchev–Trinajstić information content (AvgIpc) is 3.24. The standard InChI is InChI=1S/C30H33N9O3/c1-30(2)28(41)37-13-5-4-6-14-38-27(40)22-19-31-29(34-25(22)39(38)24-12-11-23(42-30)26(37)33-24)32-20-7-9-21(10-8-20)36-17-15-35(3)16-18-36/h4,6-12,19H,5,13-18H2,1-3H3,(H,31,32,34). The molecule has 3 aromatic heterocycles. The zero-order valence-corrected chi connectivity index (χ0v) is 23.9. The monoisotopic (exact) mass is 567 g/mol. The topological polar surface area (TPSA) is 114 Å². The lowest BCUT2D eigenvalue weighted by atomic mass is 10.1. The minimum Gasteiger partial charge on any atom is -0.474 e. The van der Waals surface area contributed by atoms with Gasteiger partial charge in [0.05, 0.1) is 6.54 Å². The molecule has 2 bridgehead atoms. The zero-order chi connectivity index (χ0) is 29.0. The molecule has 12 nitrogen and oxygen atoms in total. The van der Waals surface area contributed by atoms with Crippen molar-refractivity contribution in [2.24, 2.45) is 0 Å². The van der Waals surface area contributed by atoms with E-state index >= 15 is 0 Å². The van der Waals surface area contributed by atoms with Crippen LogP contribution in [0.25, 0.3) is 16.9 Å². The molecule has 0 aliphatic carbocycles. The molecule has 0 unspecified atom stereocenters. The van der Waals surface area contributed by atoms with Gasteiger partial charge in [0.15, 0.2) is 28.6 Å². The second-order valence-corrected chi connectivity index (χ2v) is 11.4. The van der Waals surface area contributed by atoms with Crippen LogP contribution < -0.4 is 25.4 Å². The summed E-state index contributed by atoms with van der Waals surface area (Å²) in [5.74, 6) is 1.61. The summed E-state index contributed by atoms with van der Waals surface area (Å²) in [6.07, 6.45) is 6.07. The summed E-state index contributed by atoms with van der Waals surface area (Å²) in [5.41, 5.74) is 1.22. The van der Waals surface area contributed by atoms with Gasteiger partial charge in [-0.2, -0.15) is 4.98 Å². The fraction of sp³-hybridized carbons (Fsp3) is 0.367. The molecule has 4 aromatic rings. The Hall–Kier alpha value is -4.71. The molecule has 42 heavy (non-hydrogen) atoms. The largest absolute Gasteiger partial charge is 0.474 e. The van der Waals surface area contributed by atoms with Crippen molar-refractivity contribution in [3.05, 3.63) is 65.1 Å². The number of nitrogens with one attached hydrogen (secondary N) is 1. The van der Waals surface area contributed by atoms with E-state index in [0.717, 1.165) is 31.9 Å². The summed E-state index contributed by atoms with van der Waals surface area (Å²) in [6, 6.07) is 11.8. The lowest BCUT2D eigenvalue weighted by Gasteiger charge is -2.37. The van der Waals surface area contributed by atoms with Crippen LogP contribution in [-0.4, -0.2) is 80.5 Å². The summed E-state index contributed by atoms with van der Waals surface area (Å²) < 4.78 is 9.30. The van der Waals surface area contributed by atoms with Crippen LogP contribution in [0.2, 0.25) is 0 Å². The number of nitrogens with zero attached hydrogens (tertiary/aromatic N) is 8. The highest BCUT2D eigenvalue weighted by Gasteiger charge is 2.41. The number of ether oxygens (including phenoxy) is 1. The summed E-state index contributed by atoms with van der Waals surface area (Å²) >= 11 is 0. The number of hydrogen-bond acceptors (Lipinski definition) is 9.